The smallest absolute Gasteiger partial charge is 0.266 e. The second kappa shape index (κ2) is 11.2. The van der Waals surface area contributed by atoms with E-state index in [9.17, 15) is 9.18 Å². The summed E-state index contributed by atoms with van der Waals surface area (Å²) in [6.07, 6.45) is 7.12. The molecule has 0 bridgehead atoms. The number of fused-ring (bicyclic) bond motifs is 2. The van der Waals surface area contributed by atoms with Crippen molar-refractivity contribution in [2.45, 2.75) is 25.8 Å². The molecule has 3 aromatic heterocycles. The van der Waals surface area contributed by atoms with Crippen molar-refractivity contribution in [3.8, 4) is 17.3 Å². The SMILES string of the molecule is O=c1ccc(-n2ccc3ccc(F)cc32)nn1CCOc1ccnc2cc(OCCCN3CCCC3)ccc12. The lowest BCUT2D eigenvalue weighted by Crippen LogP contribution is -2.26. The van der Waals surface area contributed by atoms with Gasteiger partial charge in [0.2, 0.25) is 0 Å². The van der Waals surface area contributed by atoms with Crippen molar-refractivity contribution in [3.05, 3.63) is 89.2 Å². The Bertz CT molecular complexity index is 1660. The Morgan fingerprint density at radius 3 is 2.69 bits per heavy atom. The zero-order valence-corrected chi connectivity index (χ0v) is 21.6. The van der Waals surface area contributed by atoms with Gasteiger partial charge in [-0.3, -0.25) is 14.3 Å². The molecule has 1 aliphatic rings. The first-order valence-corrected chi connectivity index (χ1v) is 13.4. The fourth-order valence-corrected chi connectivity index (χ4v) is 5.07. The van der Waals surface area contributed by atoms with E-state index in [2.05, 4.69) is 15.0 Å². The van der Waals surface area contributed by atoms with Gasteiger partial charge >= 0.3 is 0 Å². The fourth-order valence-electron chi connectivity index (χ4n) is 5.07. The lowest BCUT2D eigenvalue weighted by Gasteiger charge is -2.15. The van der Waals surface area contributed by atoms with Crippen LogP contribution in [0, 0.1) is 5.82 Å². The van der Waals surface area contributed by atoms with Crippen LogP contribution >= 0.6 is 0 Å². The summed E-state index contributed by atoms with van der Waals surface area (Å²) in [6.45, 7) is 4.64. The number of benzene rings is 2. The van der Waals surface area contributed by atoms with Crippen LogP contribution in [0.3, 0.4) is 0 Å². The minimum atomic E-state index is -0.329. The van der Waals surface area contributed by atoms with Crippen molar-refractivity contribution in [1.82, 2.24) is 24.2 Å². The van der Waals surface area contributed by atoms with Gasteiger partial charge in [-0.25, -0.2) is 9.07 Å². The maximum Gasteiger partial charge on any atom is 0.266 e. The fraction of sp³-hybridized carbons (Fsp3) is 0.300. The van der Waals surface area contributed by atoms with Crippen LogP contribution in [0.15, 0.2) is 77.9 Å². The molecule has 0 spiro atoms. The minimum absolute atomic E-state index is 0.240. The first-order valence-electron chi connectivity index (χ1n) is 13.4. The van der Waals surface area contributed by atoms with Gasteiger partial charge in [-0.1, -0.05) is 0 Å². The van der Waals surface area contributed by atoms with Crippen molar-refractivity contribution >= 4 is 21.8 Å². The van der Waals surface area contributed by atoms with E-state index in [0.29, 0.717) is 23.7 Å². The zero-order valence-electron chi connectivity index (χ0n) is 21.6. The minimum Gasteiger partial charge on any atom is -0.493 e. The first-order chi connectivity index (χ1) is 19.1. The monoisotopic (exact) mass is 527 g/mol. The molecular weight excluding hydrogens is 497 g/mol. The average Bonchev–Trinajstić information content (AvgIpc) is 3.62. The number of hydrogen-bond donors (Lipinski definition) is 0. The molecule has 6 rings (SSSR count). The standard InChI is InChI=1S/C30H30FN5O3/c31-23-5-4-22-11-16-35(27(22)20-23)29-8-9-30(37)36(33-29)17-19-39-28-10-12-32-26-21-24(6-7-25(26)28)38-18-3-15-34-13-1-2-14-34/h4-12,16,20-21H,1-3,13-15,17-19H2. The molecule has 9 heteroatoms. The zero-order chi connectivity index (χ0) is 26.6. The molecule has 0 unspecified atom stereocenters. The van der Waals surface area contributed by atoms with E-state index in [1.165, 1.54) is 48.8 Å². The topological polar surface area (TPSA) is 74.4 Å². The third kappa shape index (κ3) is 5.63. The number of halogens is 1. The highest BCUT2D eigenvalue weighted by atomic mass is 19.1. The summed E-state index contributed by atoms with van der Waals surface area (Å²) in [4.78, 5) is 19.4. The summed E-state index contributed by atoms with van der Waals surface area (Å²) in [5, 5.41) is 6.25. The molecule has 5 aromatic rings. The van der Waals surface area contributed by atoms with Crippen LogP contribution in [0.2, 0.25) is 0 Å². The van der Waals surface area contributed by atoms with Crippen LogP contribution in [-0.2, 0) is 6.54 Å². The Labute approximate surface area is 225 Å². The van der Waals surface area contributed by atoms with E-state index in [-0.39, 0.29) is 24.5 Å². The second-order valence-electron chi connectivity index (χ2n) is 9.73. The Morgan fingerprint density at radius 1 is 0.897 bits per heavy atom. The number of aromatic nitrogens is 4. The predicted molar refractivity (Wildman–Crippen MR) is 148 cm³/mol. The van der Waals surface area contributed by atoms with Crippen molar-refractivity contribution in [2.24, 2.45) is 0 Å². The molecule has 1 saturated heterocycles. The molecule has 4 heterocycles. The molecular formula is C30H30FN5O3. The molecule has 0 radical (unpaired) electrons. The van der Waals surface area contributed by atoms with E-state index in [1.54, 1.807) is 22.9 Å². The van der Waals surface area contributed by atoms with Gasteiger partial charge in [-0.15, -0.1) is 0 Å². The van der Waals surface area contributed by atoms with Gasteiger partial charge in [-0.05, 0) is 80.9 Å². The van der Waals surface area contributed by atoms with Crippen molar-refractivity contribution in [1.29, 1.82) is 0 Å². The molecule has 200 valence electrons. The largest absolute Gasteiger partial charge is 0.493 e. The molecule has 0 N–H and O–H groups in total. The van der Waals surface area contributed by atoms with Gasteiger partial charge in [0, 0.05) is 41.8 Å². The van der Waals surface area contributed by atoms with E-state index < -0.39 is 0 Å². The Balaban J connectivity index is 1.10. The van der Waals surface area contributed by atoms with Gasteiger partial charge in [0.05, 0.1) is 24.2 Å². The van der Waals surface area contributed by atoms with Crippen LogP contribution in [0.25, 0.3) is 27.6 Å². The molecule has 1 aliphatic heterocycles. The molecule has 2 aromatic carbocycles. The number of nitrogens with zero attached hydrogens (tertiary/aromatic N) is 5. The Hall–Kier alpha value is -4.24. The molecule has 0 aliphatic carbocycles. The maximum absolute atomic E-state index is 13.8. The third-order valence-corrected chi connectivity index (χ3v) is 7.08. The summed E-state index contributed by atoms with van der Waals surface area (Å²) in [5.41, 5.74) is 1.23. The summed E-state index contributed by atoms with van der Waals surface area (Å²) in [6, 6.07) is 17.2. The molecule has 8 nitrogen and oxygen atoms in total. The number of hydrogen-bond acceptors (Lipinski definition) is 6. The van der Waals surface area contributed by atoms with Crippen LogP contribution in [-0.4, -0.2) is 57.1 Å². The van der Waals surface area contributed by atoms with Gasteiger partial charge in [0.1, 0.15) is 23.9 Å². The molecule has 0 saturated carbocycles. The highest BCUT2D eigenvalue weighted by Gasteiger charge is 2.11. The highest BCUT2D eigenvalue weighted by Crippen LogP contribution is 2.27. The molecule has 0 atom stereocenters. The summed E-state index contributed by atoms with van der Waals surface area (Å²) in [7, 11) is 0. The first kappa shape index (κ1) is 25.1. The summed E-state index contributed by atoms with van der Waals surface area (Å²) in [5.74, 6) is 1.66. The lowest BCUT2D eigenvalue weighted by molar-refractivity contribution is 0.263. The Kier molecular flexibility index (Phi) is 7.23. The Morgan fingerprint density at radius 2 is 1.79 bits per heavy atom. The summed E-state index contributed by atoms with van der Waals surface area (Å²) < 4.78 is 29.0. The van der Waals surface area contributed by atoms with Crippen molar-refractivity contribution < 1.29 is 13.9 Å². The van der Waals surface area contributed by atoms with E-state index in [4.69, 9.17) is 9.47 Å². The second-order valence-corrected chi connectivity index (χ2v) is 9.73. The number of likely N-dealkylation sites (tertiary alicyclic amines) is 1. The van der Waals surface area contributed by atoms with Gasteiger partial charge in [-0.2, -0.15) is 5.10 Å². The predicted octanol–water partition coefficient (Wildman–Crippen LogP) is 4.82. The number of rotatable bonds is 10. The quantitative estimate of drug-likeness (QED) is 0.243. The molecule has 0 amide bonds. The van der Waals surface area contributed by atoms with E-state index in [0.717, 1.165) is 35.0 Å². The van der Waals surface area contributed by atoms with Crippen molar-refractivity contribution in [2.75, 3.05) is 32.8 Å². The normalized spacial score (nSPS) is 13.9. The average molecular weight is 528 g/mol. The molecule has 39 heavy (non-hydrogen) atoms. The van der Waals surface area contributed by atoms with Crippen LogP contribution in [0.5, 0.6) is 11.5 Å². The van der Waals surface area contributed by atoms with E-state index >= 15 is 0 Å². The highest BCUT2D eigenvalue weighted by molar-refractivity contribution is 5.86. The summed E-state index contributed by atoms with van der Waals surface area (Å²) >= 11 is 0. The van der Waals surface area contributed by atoms with Crippen LogP contribution < -0.4 is 15.0 Å². The number of ether oxygens (including phenoxy) is 2. The lowest BCUT2D eigenvalue weighted by atomic mass is 10.2. The third-order valence-electron chi connectivity index (χ3n) is 7.08. The van der Waals surface area contributed by atoms with E-state index in [1.807, 2.05) is 36.5 Å². The van der Waals surface area contributed by atoms with Crippen LogP contribution in [0.1, 0.15) is 19.3 Å². The van der Waals surface area contributed by atoms with Gasteiger partial charge in [0.15, 0.2) is 5.82 Å². The number of pyridine rings is 1. The maximum atomic E-state index is 13.8. The molecule has 1 fully saturated rings. The van der Waals surface area contributed by atoms with Crippen LogP contribution in [0.4, 0.5) is 4.39 Å². The van der Waals surface area contributed by atoms with Gasteiger partial charge < -0.3 is 14.4 Å². The van der Waals surface area contributed by atoms with Gasteiger partial charge in [0.25, 0.3) is 5.56 Å². The van der Waals surface area contributed by atoms with Crippen molar-refractivity contribution in [3.63, 3.8) is 0 Å².